The van der Waals surface area contributed by atoms with Gasteiger partial charge in [-0.15, -0.1) is 5.10 Å². The Hall–Kier alpha value is -1.83. The van der Waals surface area contributed by atoms with E-state index in [1.165, 1.54) is 17.8 Å². The minimum atomic E-state index is -1.07. The van der Waals surface area contributed by atoms with Crippen LogP contribution < -0.4 is 0 Å². The van der Waals surface area contributed by atoms with Gasteiger partial charge in [0.25, 0.3) is 0 Å². The lowest BCUT2D eigenvalue weighted by Gasteiger charge is -1.97. The summed E-state index contributed by atoms with van der Waals surface area (Å²) in [5.74, 6) is 0.0560. The third-order valence-electron chi connectivity index (χ3n) is 2.17. The van der Waals surface area contributed by atoms with Gasteiger partial charge in [0, 0.05) is 18.4 Å². The molecule has 1 N–H and O–H groups in total. The van der Waals surface area contributed by atoms with Gasteiger partial charge in [-0.25, -0.2) is 9.48 Å². The molecule has 0 aromatic carbocycles. The number of furan rings is 1. The van der Waals surface area contributed by atoms with Crippen molar-refractivity contribution >= 4 is 17.7 Å². The Morgan fingerprint density at radius 3 is 2.94 bits per heavy atom. The van der Waals surface area contributed by atoms with E-state index >= 15 is 0 Å². The summed E-state index contributed by atoms with van der Waals surface area (Å²) in [6.07, 6.45) is 0. The van der Waals surface area contributed by atoms with Gasteiger partial charge in [-0.1, -0.05) is 11.8 Å². The summed E-state index contributed by atoms with van der Waals surface area (Å²) < 4.78 is 6.66. The van der Waals surface area contributed by atoms with E-state index in [-0.39, 0.29) is 5.76 Å². The fourth-order valence-electron chi connectivity index (χ4n) is 1.25. The molecule has 0 bridgehead atoms. The van der Waals surface area contributed by atoms with Crippen LogP contribution in [0.1, 0.15) is 21.9 Å². The first-order chi connectivity index (χ1) is 8.08. The molecule has 0 saturated heterocycles. The monoisotopic (exact) mass is 254 g/mol. The third-order valence-corrected chi connectivity index (χ3v) is 3.23. The van der Waals surface area contributed by atoms with Crippen LogP contribution >= 0.6 is 11.8 Å². The minimum Gasteiger partial charge on any atom is -0.475 e. The van der Waals surface area contributed by atoms with Crippen LogP contribution in [0.25, 0.3) is 0 Å². The summed E-state index contributed by atoms with van der Waals surface area (Å²) in [4.78, 5) is 10.7. The Kier molecular flexibility index (Phi) is 3.14. The number of carbonyl (C=O) groups is 1. The van der Waals surface area contributed by atoms with E-state index in [1.807, 2.05) is 0 Å². The highest BCUT2D eigenvalue weighted by Gasteiger charge is 2.14. The molecular weight excluding hydrogens is 244 g/mol. The second-order valence-corrected chi connectivity index (χ2v) is 4.31. The molecule has 0 radical (unpaired) electrons. The molecule has 0 atom stereocenters. The number of thioether (sulfide) groups is 1. The van der Waals surface area contributed by atoms with Gasteiger partial charge in [0.15, 0.2) is 0 Å². The molecular formula is C9H10N4O3S. The average molecular weight is 254 g/mol. The number of carboxylic acids is 1. The molecule has 17 heavy (non-hydrogen) atoms. The van der Waals surface area contributed by atoms with Gasteiger partial charge in [-0.05, 0) is 23.4 Å². The molecule has 2 rings (SSSR count). The average Bonchev–Trinajstić information content (AvgIpc) is 2.82. The molecule has 2 heterocycles. The van der Waals surface area contributed by atoms with Gasteiger partial charge >= 0.3 is 5.97 Å². The maximum atomic E-state index is 10.7. The van der Waals surface area contributed by atoms with Crippen molar-refractivity contribution in [2.75, 3.05) is 0 Å². The molecule has 7 nitrogen and oxygen atoms in total. The van der Waals surface area contributed by atoms with Gasteiger partial charge in [0.2, 0.25) is 10.9 Å². The van der Waals surface area contributed by atoms with Crippen molar-refractivity contribution in [3.8, 4) is 0 Å². The fourth-order valence-corrected chi connectivity index (χ4v) is 2.14. The Balaban J connectivity index is 2.09. The lowest BCUT2D eigenvalue weighted by Crippen LogP contribution is -1.93. The molecule has 0 aliphatic carbocycles. The number of tetrazole rings is 1. The van der Waals surface area contributed by atoms with Crippen molar-refractivity contribution in [1.82, 2.24) is 20.2 Å². The highest BCUT2D eigenvalue weighted by Crippen LogP contribution is 2.24. The maximum absolute atomic E-state index is 10.7. The van der Waals surface area contributed by atoms with Crippen LogP contribution in [-0.4, -0.2) is 31.3 Å². The summed E-state index contributed by atoms with van der Waals surface area (Å²) >= 11 is 1.42. The van der Waals surface area contributed by atoms with E-state index < -0.39 is 5.97 Å². The number of hydrogen-bond donors (Lipinski definition) is 1. The van der Waals surface area contributed by atoms with Gasteiger partial charge in [0.1, 0.15) is 5.76 Å². The molecule has 2 aromatic rings. The van der Waals surface area contributed by atoms with Crippen molar-refractivity contribution in [3.63, 3.8) is 0 Å². The third kappa shape index (κ3) is 2.47. The molecule has 0 spiro atoms. The highest BCUT2D eigenvalue weighted by atomic mass is 32.2. The summed E-state index contributed by atoms with van der Waals surface area (Å²) in [5, 5.41) is 20.5. The van der Waals surface area contributed by atoms with E-state index in [0.717, 1.165) is 5.56 Å². The van der Waals surface area contributed by atoms with E-state index in [1.54, 1.807) is 18.7 Å². The van der Waals surface area contributed by atoms with Gasteiger partial charge < -0.3 is 9.52 Å². The second-order valence-electron chi connectivity index (χ2n) is 3.37. The van der Waals surface area contributed by atoms with Crippen LogP contribution in [0.15, 0.2) is 15.6 Å². The molecule has 90 valence electrons. The fraction of sp³-hybridized carbons (Fsp3) is 0.333. The van der Waals surface area contributed by atoms with E-state index in [2.05, 4.69) is 15.5 Å². The van der Waals surface area contributed by atoms with Gasteiger partial charge in [-0.3, -0.25) is 0 Å². The molecule has 0 unspecified atom stereocenters. The first kappa shape index (κ1) is 11.6. The summed E-state index contributed by atoms with van der Waals surface area (Å²) in [5.41, 5.74) is 0.829. The van der Waals surface area contributed by atoms with Crippen LogP contribution in [0.5, 0.6) is 0 Å². The van der Waals surface area contributed by atoms with Crippen molar-refractivity contribution in [3.05, 3.63) is 23.2 Å². The van der Waals surface area contributed by atoms with Crippen LogP contribution in [0.3, 0.4) is 0 Å². The van der Waals surface area contributed by atoms with Gasteiger partial charge in [-0.2, -0.15) is 0 Å². The summed E-state index contributed by atoms with van der Waals surface area (Å²) in [7, 11) is 1.74. The number of carboxylic acid groups (broad SMARTS) is 1. The smallest absolute Gasteiger partial charge is 0.371 e. The van der Waals surface area contributed by atoms with Crippen molar-refractivity contribution in [2.45, 2.75) is 17.8 Å². The normalized spacial score (nSPS) is 10.7. The zero-order valence-corrected chi connectivity index (χ0v) is 10.1. The molecule has 0 amide bonds. The van der Waals surface area contributed by atoms with Crippen molar-refractivity contribution in [1.29, 1.82) is 0 Å². The Bertz CT molecular complexity index is 548. The SMILES string of the molecule is Cc1oc(C(=O)O)cc1CSc1nnnn1C. The van der Waals surface area contributed by atoms with Crippen molar-refractivity contribution < 1.29 is 14.3 Å². The van der Waals surface area contributed by atoms with E-state index in [9.17, 15) is 4.79 Å². The van der Waals surface area contributed by atoms with Crippen LogP contribution in [0.4, 0.5) is 0 Å². The molecule has 0 saturated carbocycles. The zero-order valence-electron chi connectivity index (χ0n) is 9.25. The minimum absolute atomic E-state index is 0.0470. The number of nitrogens with zero attached hydrogens (tertiary/aromatic N) is 4. The number of aryl methyl sites for hydroxylation is 2. The summed E-state index contributed by atoms with van der Waals surface area (Å²) in [6.45, 7) is 1.73. The van der Waals surface area contributed by atoms with Gasteiger partial charge in [0.05, 0.1) is 0 Å². The number of aromatic carboxylic acids is 1. The number of aromatic nitrogens is 4. The Morgan fingerprint density at radius 1 is 1.65 bits per heavy atom. The predicted molar refractivity (Wildman–Crippen MR) is 58.8 cm³/mol. The lowest BCUT2D eigenvalue weighted by atomic mass is 10.3. The zero-order chi connectivity index (χ0) is 12.4. The quantitative estimate of drug-likeness (QED) is 0.816. The summed E-state index contributed by atoms with van der Waals surface area (Å²) in [6, 6.07) is 1.52. The first-order valence-electron chi connectivity index (χ1n) is 4.75. The largest absolute Gasteiger partial charge is 0.475 e. The molecule has 0 fully saturated rings. The van der Waals surface area contributed by atoms with Crippen molar-refractivity contribution in [2.24, 2.45) is 7.05 Å². The van der Waals surface area contributed by atoms with Crippen LogP contribution in [-0.2, 0) is 12.8 Å². The predicted octanol–water partition coefficient (Wildman–Crippen LogP) is 1.10. The van der Waals surface area contributed by atoms with Crippen LogP contribution in [0.2, 0.25) is 0 Å². The lowest BCUT2D eigenvalue weighted by molar-refractivity contribution is 0.0661. The van der Waals surface area contributed by atoms with E-state index in [0.29, 0.717) is 16.7 Å². The standard InChI is InChI=1S/C9H10N4O3S/c1-5-6(3-7(16-5)8(14)15)4-17-9-10-11-12-13(9)2/h3H,4H2,1-2H3,(H,14,15). The molecule has 0 aliphatic heterocycles. The Morgan fingerprint density at radius 2 is 2.41 bits per heavy atom. The van der Waals surface area contributed by atoms with E-state index in [4.69, 9.17) is 9.52 Å². The second kappa shape index (κ2) is 4.58. The Labute approximate surface area is 101 Å². The first-order valence-corrected chi connectivity index (χ1v) is 5.74. The maximum Gasteiger partial charge on any atom is 0.371 e. The molecule has 0 aliphatic rings. The molecule has 8 heteroatoms. The topological polar surface area (TPSA) is 94.0 Å². The number of rotatable bonds is 4. The molecule has 2 aromatic heterocycles. The van der Waals surface area contributed by atoms with Crippen LogP contribution in [0, 0.1) is 6.92 Å². The number of hydrogen-bond acceptors (Lipinski definition) is 6. The highest BCUT2D eigenvalue weighted by molar-refractivity contribution is 7.98.